The summed E-state index contributed by atoms with van der Waals surface area (Å²) in [5, 5.41) is 3.61. The largest absolute Gasteiger partial charge is 0.399 e. The molecule has 56 valence electrons. The van der Waals surface area contributed by atoms with E-state index in [2.05, 4.69) is 15.0 Å². The molecule has 1 aliphatic rings. The molecule has 10 heavy (non-hydrogen) atoms. The van der Waals surface area contributed by atoms with Crippen LogP contribution in [0.3, 0.4) is 0 Å². The molecule has 0 unspecified atom stereocenters. The van der Waals surface area contributed by atoms with Crippen molar-refractivity contribution in [3.05, 3.63) is 0 Å². The van der Waals surface area contributed by atoms with Crippen LogP contribution < -0.4 is 0 Å². The van der Waals surface area contributed by atoms with Crippen LogP contribution in [0.15, 0.2) is 10.1 Å². The SMILES string of the molecule is CO/N=C/C1=NCCN1C. The van der Waals surface area contributed by atoms with Crippen molar-refractivity contribution in [2.45, 2.75) is 0 Å². The third kappa shape index (κ3) is 1.46. The predicted molar refractivity (Wildman–Crippen MR) is 40.4 cm³/mol. The molecule has 0 aromatic rings. The predicted octanol–water partition coefficient (Wildman–Crippen LogP) is -0.0375. The first kappa shape index (κ1) is 7.05. The summed E-state index contributed by atoms with van der Waals surface area (Å²) in [4.78, 5) is 10.7. The van der Waals surface area contributed by atoms with Gasteiger partial charge in [-0.25, -0.2) is 0 Å². The second-order valence-corrected chi connectivity index (χ2v) is 2.08. The van der Waals surface area contributed by atoms with Gasteiger partial charge in [0.25, 0.3) is 0 Å². The zero-order valence-electron chi connectivity index (χ0n) is 6.24. The molecule has 4 heteroatoms. The lowest BCUT2D eigenvalue weighted by atomic mass is 10.6. The number of nitrogens with zero attached hydrogens (tertiary/aromatic N) is 3. The third-order valence-electron chi connectivity index (χ3n) is 1.37. The molecule has 0 amide bonds. The topological polar surface area (TPSA) is 37.2 Å². The van der Waals surface area contributed by atoms with Gasteiger partial charge in [0.2, 0.25) is 0 Å². The van der Waals surface area contributed by atoms with Gasteiger partial charge in [0.15, 0.2) is 0 Å². The van der Waals surface area contributed by atoms with Gasteiger partial charge in [0.05, 0.1) is 6.54 Å². The Balaban J connectivity index is 2.47. The molecule has 4 nitrogen and oxygen atoms in total. The maximum absolute atomic E-state index is 4.51. The van der Waals surface area contributed by atoms with Crippen molar-refractivity contribution in [3.63, 3.8) is 0 Å². The average Bonchev–Trinajstić information content (AvgIpc) is 2.31. The Morgan fingerprint density at radius 1 is 1.80 bits per heavy atom. The molecular formula is C6H11N3O. The van der Waals surface area contributed by atoms with E-state index in [-0.39, 0.29) is 0 Å². The Morgan fingerprint density at radius 3 is 3.10 bits per heavy atom. The summed E-state index contributed by atoms with van der Waals surface area (Å²) >= 11 is 0. The van der Waals surface area contributed by atoms with Crippen LogP contribution in [-0.4, -0.2) is 44.2 Å². The maximum Gasteiger partial charge on any atom is 0.145 e. The Hall–Kier alpha value is -1.06. The first-order valence-electron chi connectivity index (χ1n) is 3.16. The Labute approximate surface area is 60.2 Å². The monoisotopic (exact) mass is 141 g/mol. The van der Waals surface area contributed by atoms with E-state index < -0.39 is 0 Å². The lowest BCUT2D eigenvalue weighted by Gasteiger charge is -2.07. The van der Waals surface area contributed by atoms with Gasteiger partial charge in [-0.05, 0) is 0 Å². The Bertz CT molecular complexity index is 164. The van der Waals surface area contributed by atoms with Gasteiger partial charge in [-0.2, -0.15) is 0 Å². The number of amidine groups is 1. The van der Waals surface area contributed by atoms with E-state index in [1.54, 1.807) is 6.21 Å². The maximum atomic E-state index is 4.51. The van der Waals surface area contributed by atoms with Crippen LogP contribution in [0.1, 0.15) is 0 Å². The number of oxime groups is 1. The van der Waals surface area contributed by atoms with Crippen molar-refractivity contribution in [1.82, 2.24) is 4.90 Å². The molecule has 0 saturated carbocycles. The minimum absolute atomic E-state index is 0.863. The first-order valence-corrected chi connectivity index (χ1v) is 3.16. The zero-order valence-corrected chi connectivity index (χ0v) is 6.24. The molecule has 1 heterocycles. The van der Waals surface area contributed by atoms with E-state index in [1.807, 2.05) is 11.9 Å². The second-order valence-electron chi connectivity index (χ2n) is 2.08. The van der Waals surface area contributed by atoms with E-state index in [1.165, 1.54) is 7.11 Å². The number of likely N-dealkylation sites (N-methyl/N-ethyl adjacent to an activating group) is 1. The van der Waals surface area contributed by atoms with E-state index in [0.717, 1.165) is 18.9 Å². The van der Waals surface area contributed by atoms with Gasteiger partial charge < -0.3 is 9.74 Å². The molecule has 0 aliphatic carbocycles. The first-order chi connectivity index (χ1) is 4.84. The van der Waals surface area contributed by atoms with Crippen molar-refractivity contribution >= 4 is 12.1 Å². The summed E-state index contributed by atoms with van der Waals surface area (Å²) in [6.07, 6.45) is 1.62. The summed E-state index contributed by atoms with van der Waals surface area (Å²) in [6.45, 7) is 1.84. The lowest BCUT2D eigenvalue weighted by Crippen LogP contribution is -2.23. The molecule has 0 radical (unpaired) electrons. The fraction of sp³-hybridized carbons (Fsp3) is 0.667. The standard InChI is InChI=1S/C6H11N3O/c1-9-4-3-7-6(9)5-8-10-2/h5H,3-4H2,1-2H3/b8-5+. The Morgan fingerprint density at radius 2 is 2.60 bits per heavy atom. The van der Waals surface area contributed by atoms with Gasteiger partial charge in [-0.3, -0.25) is 4.99 Å². The highest BCUT2D eigenvalue weighted by Gasteiger charge is 2.08. The van der Waals surface area contributed by atoms with Crippen LogP contribution in [-0.2, 0) is 4.84 Å². The van der Waals surface area contributed by atoms with Crippen LogP contribution >= 0.6 is 0 Å². The fourth-order valence-electron chi connectivity index (χ4n) is 0.789. The van der Waals surface area contributed by atoms with E-state index >= 15 is 0 Å². The van der Waals surface area contributed by atoms with Crippen LogP contribution in [0.5, 0.6) is 0 Å². The molecule has 0 aromatic heterocycles. The molecule has 0 N–H and O–H groups in total. The van der Waals surface area contributed by atoms with Gasteiger partial charge >= 0.3 is 0 Å². The molecule has 1 rings (SSSR count). The third-order valence-corrected chi connectivity index (χ3v) is 1.37. The fourth-order valence-corrected chi connectivity index (χ4v) is 0.789. The molecular weight excluding hydrogens is 130 g/mol. The van der Waals surface area contributed by atoms with E-state index in [0.29, 0.717) is 0 Å². The summed E-state index contributed by atoms with van der Waals surface area (Å²) in [5.74, 6) is 0.891. The van der Waals surface area contributed by atoms with Gasteiger partial charge in [-0.1, -0.05) is 5.16 Å². The number of hydrogen-bond donors (Lipinski definition) is 0. The summed E-state index contributed by atoms with van der Waals surface area (Å²) in [6, 6.07) is 0. The highest BCUT2D eigenvalue weighted by atomic mass is 16.6. The molecule has 0 atom stereocenters. The summed E-state index contributed by atoms with van der Waals surface area (Å²) in [7, 11) is 3.50. The van der Waals surface area contributed by atoms with E-state index in [9.17, 15) is 0 Å². The lowest BCUT2D eigenvalue weighted by molar-refractivity contribution is 0.215. The Kier molecular flexibility index (Phi) is 2.25. The molecule has 1 aliphatic heterocycles. The van der Waals surface area contributed by atoms with Crippen molar-refractivity contribution in [3.8, 4) is 0 Å². The molecule has 0 saturated heterocycles. The van der Waals surface area contributed by atoms with Crippen molar-refractivity contribution in [2.75, 3.05) is 27.2 Å². The minimum atomic E-state index is 0.863. The van der Waals surface area contributed by atoms with Crippen molar-refractivity contribution in [1.29, 1.82) is 0 Å². The average molecular weight is 141 g/mol. The van der Waals surface area contributed by atoms with E-state index in [4.69, 9.17) is 0 Å². The van der Waals surface area contributed by atoms with Crippen LogP contribution in [0, 0.1) is 0 Å². The van der Waals surface area contributed by atoms with Crippen LogP contribution in [0.4, 0.5) is 0 Å². The van der Waals surface area contributed by atoms with Gasteiger partial charge in [0.1, 0.15) is 19.2 Å². The smallest absolute Gasteiger partial charge is 0.145 e. The number of hydrogen-bond acceptors (Lipinski definition) is 4. The molecule has 0 fully saturated rings. The number of rotatable bonds is 2. The van der Waals surface area contributed by atoms with Crippen LogP contribution in [0.25, 0.3) is 0 Å². The second kappa shape index (κ2) is 3.20. The summed E-state index contributed by atoms with van der Waals surface area (Å²) < 4.78 is 0. The minimum Gasteiger partial charge on any atom is -0.399 e. The van der Waals surface area contributed by atoms with Crippen LogP contribution in [0.2, 0.25) is 0 Å². The highest BCUT2D eigenvalue weighted by Crippen LogP contribution is 1.94. The quantitative estimate of drug-likeness (QED) is 0.400. The normalized spacial score (nSPS) is 18.2. The number of aliphatic imine (C=N–C) groups is 1. The van der Waals surface area contributed by atoms with Crippen molar-refractivity contribution in [2.24, 2.45) is 10.1 Å². The molecule has 0 spiro atoms. The molecule has 0 aromatic carbocycles. The van der Waals surface area contributed by atoms with Crippen molar-refractivity contribution < 1.29 is 4.84 Å². The molecule has 0 bridgehead atoms. The highest BCUT2D eigenvalue weighted by molar-refractivity contribution is 6.29. The van der Waals surface area contributed by atoms with Gasteiger partial charge in [-0.15, -0.1) is 0 Å². The van der Waals surface area contributed by atoms with Gasteiger partial charge in [0, 0.05) is 13.6 Å². The zero-order chi connectivity index (χ0) is 7.40. The summed E-state index contributed by atoms with van der Waals surface area (Å²) in [5.41, 5.74) is 0.